The van der Waals surface area contributed by atoms with Crippen LogP contribution in [-0.2, 0) is 4.79 Å². The number of carbonyl (C=O) groups excluding carboxylic acids is 1. The van der Waals surface area contributed by atoms with Gasteiger partial charge >= 0.3 is 0 Å². The molecule has 0 saturated heterocycles. The first-order valence-electron chi connectivity index (χ1n) is 6.70. The van der Waals surface area contributed by atoms with E-state index in [1.165, 1.54) is 0 Å². The van der Waals surface area contributed by atoms with Crippen molar-refractivity contribution in [3.05, 3.63) is 34.3 Å². The van der Waals surface area contributed by atoms with Gasteiger partial charge in [0.05, 0.1) is 12.0 Å². The van der Waals surface area contributed by atoms with Crippen molar-refractivity contribution in [2.24, 2.45) is 17.6 Å². The molecule has 2 atom stereocenters. The molecular formula is C15H23BrN2O. The Morgan fingerprint density at radius 3 is 2.32 bits per heavy atom. The molecule has 4 heteroatoms. The van der Waals surface area contributed by atoms with Crippen molar-refractivity contribution in [2.45, 2.75) is 33.2 Å². The third kappa shape index (κ3) is 5.33. The number of carbonyl (C=O) groups is 1. The molecule has 106 valence electrons. The highest BCUT2D eigenvalue weighted by Gasteiger charge is 2.20. The van der Waals surface area contributed by atoms with Crippen LogP contribution in [0.1, 0.15) is 38.8 Å². The van der Waals surface area contributed by atoms with E-state index in [1.807, 2.05) is 31.2 Å². The molecule has 0 aromatic heterocycles. The maximum Gasteiger partial charge on any atom is 0.224 e. The van der Waals surface area contributed by atoms with Crippen molar-refractivity contribution >= 4 is 21.8 Å². The molecule has 19 heavy (non-hydrogen) atoms. The summed E-state index contributed by atoms with van der Waals surface area (Å²) in [6.07, 6.45) is 0.829. The number of rotatable bonds is 6. The average molecular weight is 327 g/mol. The van der Waals surface area contributed by atoms with E-state index in [1.54, 1.807) is 0 Å². The normalized spacial score (nSPS) is 14.2. The Morgan fingerprint density at radius 1 is 1.26 bits per heavy atom. The SMILES string of the molecule is CC(C)CC(CN)C(=O)NC(C)c1ccc(Br)cc1. The summed E-state index contributed by atoms with van der Waals surface area (Å²) in [6, 6.07) is 7.98. The lowest BCUT2D eigenvalue weighted by Crippen LogP contribution is -2.37. The summed E-state index contributed by atoms with van der Waals surface area (Å²) in [6.45, 7) is 6.60. The Kier molecular flexibility index (Phi) is 6.52. The Labute approximate surface area is 124 Å². The number of nitrogens with two attached hydrogens (primary N) is 1. The Hall–Kier alpha value is -0.870. The van der Waals surface area contributed by atoms with Crippen LogP contribution in [0.4, 0.5) is 0 Å². The van der Waals surface area contributed by atoms with Crippen LogP contribution in [-0.4, -0.2) is 12.5 Å². The summed E-state index contributed by atoms with van der Waals surface area (Å²) in [5.41, 5.74) is 6.78. The van der Waals surface area contributed by atoms with Gasteiger partial charge in [-0.3, -0.25) is 4.79 Å². The van der Waals surface area contributed by atoms with Crippen LogP contribution in [0.15, 0.2) is 28.7 Å². The van der Waals surface area contributed by atoms with E-state index in [0.717, 1.165) is 16.5 Å². The van der Waals surface area contributed by atoms with Crippen LogP contribution in [0.25, 0.3) is 0 Å². The van der Waals surface area contributed by atoms with E-state index in [4.69, 9.17) is 5.73 Å². The highest BCUT2D eigenvalue weighted by Crippen LogP contribution is 2.18. The van der Waals surface area contributed by atoms with Crippen molar-refractivity contribution in [3.63, 3.8) is 0 Å². The van der Waals surface area contributed by atoms with Gasteiger partial charge in [-0.05, 0) is 37.0 Å². The zero-order chi connectivity index (χ0) is 14.4. The van der Waals surface area contributed by atoms with E-state index in [9.17, 15) is 4.79 Å². The molecule has 0 bridgehead atoms. The number of hydrogen-bond donors (Lipinski definition) is 2. The molecule has 1 aromatic rings. The maximum atomic E-state index is 12.2. The number of hydrogen-bond acceptors (Lipinski definition) is 2. The van der Waals surface area contributed by atoms with Crippen molar-refractivity contribution in [1.82, 2.24) is 5.32 Å². The molecule has 2 unspecified atom stereocenters. The molecule has 0 spiro atoms. The Morgan fingerprint density at radius 2 is 1.84 bits per heavy atom. The second kappa shape index (κ2) is 7.65. The number of amides is 1. The molecule has 3 N–H and O–H groups in total. The molecule has 0 heterocycles. The third-order valence-electron chi connectivity index (χ3n) is 3.14. The van der Waals surface area contributed by atoms with Crippen LogP contribution in [0, 0.1) is 11.8 Å². The Bertz CT molecular complexity index is 403. The zero-order valence-corrected chi connectivity index (χ0v) is 13.4. The molecular weight excluding hydrogens is 304 g/mol. The predicted molar refractivity (Wildman–Crippen MR) is 82.7 cm³/mol. The topological polar surface area (TPSA) is 55.1 Å². The molecule has 1 amide bonds. The fourth-order valence-electron chi connectivity index (χ4n) is 2.05. The highest BCUT2D eigenvalue weighted by atomic mass is 79.9. The number of benzene rings is 1. The van der Waals surface area contributed by atoms with Gasteiger partial charge < -0.3 is 11.1 Å². The molecule has 0 aliphatic carbocycles. The van der Waals surface area contributed by atoms with Crippen LogP contribution >= 0.6 is 15.9 Å². The summed E-state index contributed by atoms with van der Waals surface area (Å²) in [7, 11) is 0. The van der Waals surface area contributed by atoms with E-state index in [0.29, 0.717) is 12.5 Å². The summed E-state index contributed by atoms with van der Waals surface area (Å²) in [5, 5.41) is 3.04. The highest BCUT2D eigenvalue weighted by molar-refractivity contribution is 9.10. The second-order valence-corrected chi connectivity index (χ2v) is 6.26. The quantitative estimate of drug-likeness (QED) is 0.843. The minimum atomic E-state index is -0.0992. The summed E-state index contributed by atoms with van der Waals surface area (Å²) in [4.78, 5) is 12.2. The zero-order valence-electron chi connectivity index (χ0n) is 11.8. The van der Waals surface area contributed by atoms with Crippen molar-refractivity contribution in [3.8, 4) is 0 Å². The van der Waals surface area contributed by atoms with Gasteiger partial charge in [0.1, 0.15) is 0 Å². The lowest BCUT2D eigenvalue weighted by molar-refractivity contribution is -0.125. The van der Waals surface area contributed by atoms with E-state index in [2.05, 4.69) is 35.1 Å². The van der Waals surface area contributed by atoms with Crippen LogP contribution in [0.3, 0.4) is 0 Å². The smallest absolute Gasteiger partial charge is 0.224 e. The van der Waals surface area contributed by atoms with Gasteiger partial charge in [-0.1, -0.05) is 41.9 Å². The second-order valence-electron chi connectivity index (χ2n) is 5.34. The van der Waals surface area contributed by atoms with Gasteiger partial charge in [-0.15, -0.1) is 0 Å². The lowest BCUT2D eigenvalue weighted by atomic mass is 9.96. The summed E-state index contributed by atoms with van der Waals surface area (Å²) in [5.74, 6) is 0.423. The number of halogens is 1. The molecule has 0 aliphatic rings. The van der Waals surface area contributed by atoms with Crippen LogP contribution in [0.5, 0.6) is 0 Å². The van der Waals surface area contributed by atoms with Gasteiger partial charge in [0.15, 0.2) is 0 Å². The molecule has 0 aliphatic heterocycles. The molecule has 0 radical (unpaired) electrons. The van der Waals surface area contributed by atoms with Gasteiger partial charge in [0.25, 0.3) is 0 Å². The van der Waals surface area contributed by atoms with Crippen molar-refractivity contribution in [2.75, 3.05) is 6.54 Å². The molecule has 0 fully saturated rings. The first kappa shape index (κ1) is 16.2. The Balaban J connectivity index is 2.62. The monoisotopic (exact) mass is 326 g/mol. The molecule has 3 nitrogen and oxygen atoms in total. The standard InChI is InChI=1S/C15H23BrN2O/c1-10(2)8-13(9-17)15(19)18-11(3)12-4-6-14(16)7-5-12/h4-7,10-11,13H,8-9,17H2,1-3H3,(H,18,19). The van der Waals surface area contributed by atoms with E-state index in [-0.39, 0.29) is 17.9 Å². The van der Waals surface area contributed by atoms with Gasteiger partial charge in [0, 0.05) is 11.0 Å². The summed E-state index contributed by atoms with van der Waals surface area (Å²) < 4.78 is 1.04. The van der Waals surface area contributed by atoms with Crippen molar-refractivity contribution < 1.29 is 4.79 Å². The van der Waals surface area contributed by atoms with Crippen LogP contribution < -0.4 is 11.1 Å². The van der Waals surface area contributed by atoms with Gasteiger partial charge in [-0.25, -0.2) is 0 Å². The van der Waals surface area contributed by atoms with Crippen molar-refractivity contribution in [1.29, 1.82) is 0 Å². The molecule has 0 saturated carbocycles. The average Bonchev–Trinajstić information content (AvgIpc) is 2.36. The van der Waals surface area contributed by atoms with Gasteiger partial charge in [-0.2, -0.15) is 0 Å². The third-order valence-corrected chi connectivity index (χ3v) is 3.67. The molecule has 1 rings (SSSR count). The van der Waals surface area contributed by atoms with E-state index < -0.39 is 0 Å². The molecule has 1 aromatic carbocycles. The van der Waals surface area contributed by atoms with E-state index >= 15 is 0 Å². The minimum Gasteiger partial charge on any atom is -0.349 e. The fraction of sp³-hybridized carbons (Fsp3) is 0.533. The minimum absolute atomic E-state index is 0.00168. The fourth-order valence-corrected chi connectivity index (χ4v) is 2.31. The predicted octanol–water partition coefficient (Wildman–Crippen LogP) is 3.25. The largest absolute Gasteiger partial charge is 0.349 e. The lowest BCUT2D eigenvalue weighted by Gasteiger charge is -2.20. The maximum absolute atomic E-state index is 12.2. The van der Waals surface area contributed by atoms with Gasteiger partial charge in [0.2, 0.25) is 5.91 Å². The first-order chi connectivity index (χ1) is 8.93. The summed E-state index contributed by atoms with van der Waals surface area (Å²) >= 11 is 3.40. The number of nitrogens with one attached hydrogen (secondary N) is 1. The van der Waals surface area contributed by atoms with Crippen LogP contribution in [0.2, 0.25) is 0 Å². The first-order valence-corrected chi connectivity index (χ1v) is 7.49.